The zero-order valence-corrected chi connectivity index (χ0v) is 31.4. The summed E-state index contributed by atoms with van der Waals surface area (Å²) in [5.74, 6) is 0.643. The molecule has 0 radical (unpaired) electrons. The van der Waals surface area contributed by atoms with Crippen molar-refractivity contribution in [3.63, 3.8) is 0 Å². The fourth-order valence-corrected chi connectivity index (χ4v) is 18.2. The molecule has 1 fully saturated rings. The number of rotatable bonds is 3. The third-order valence-corrected chi connectivity index (χ3v) is 19.9. The maximum absolute atomic E-state index is 2.73. The molecular formula is C40H48Cl2Zr. The summed E-state index contributed by atoms with van der Waals surface area (Å²) in [6, 6.07) is 10.2. The third-order valence-electron chi connectivity index (χ3n) is 11.0. The van der Waals surface area contributed by atoms with E-state index in [-0.39, 0.29) is 41.1 Å². The predicted molar refractivity (Wildman–Crippen MR) is 175 cm³/mol. The third kappa shape index (κ3) is 5.36. The Bertz CT molecular complexity index is 1640. The Balaban J connectivity index is 0.00000184. The molecule has 5 aliphatic carbocycles. The number of halogens is 2. The Labute approximate surface area is 281 Å². The van der Waals surface area contributed by atoms with Crippen molar-refractivity contribution in [3.05, 3.63) is 88.0 Å². The number of hydrogen-bond donors (Lipinski definition) is 0. The van der Waals surface area contributed by atoms with Gasteiger partial charge < -0.3 is 24.8 Å². The Kier molecular flexibility index (Phi) is 8.86. The van der Waals surface area contributed by atoms with Crippen LogP contribution < -0.4 is 24.8 Å². The van der Waals surface area contributed by atoms with Crippen molar-refractivity contribution in [2.45, 2.75) is 111 Å². The smallest absolute Gasteiger partial charge is 1.00 e. The maximum atomic E-state index is 2.73. The van der Waals surface area contributed by atoms with Crippen LogP contribution in [0, 0.1) is 11.3 Å². The van der Waals surface area contributed by atoms with Crippen LogP contribution in [-0.4, -0.2) is 3.21 Å². The van der Waals surface area contributed by atoms with Crippen molar-refractivity contribution in [1.82, 2.24) is 0 Å². The second kappa shape index (κ2) is 11.5. The van der Waals surface area contributed by atoms with Gasteiger partial charge in [-0.3, -0.25) is 0 Å². The molecule has 2 aromatic carbocycles. The van der Waals surface area contributed by atoms with E-state index < -0.39 is 21.3 Å². The molecule has 0 saturated heterocycles. The fraction of sp³-hybridized carbons (Fsp3) is 0.475. The van der Waals surface area contributed by atoms with Gasteiger partial charge in [0.1, 0.15) is 0 Å². The first-order valence-corrected chi connectivity index (χ1v) is 20.0. The molecule has 3 heteroatoms. The van der Waals surface area contributed by atoms with E-state index in [2.05, 4.69) is 110 Å². The normalized spacial score (nSPS) is 21.8. The van der Waals surface area contributed by atoms with Crippen LogP contribution in [0.15, 0.2) is 54.6 Å². The van der Waals surface area contributed by atoms with Gasteiger partial charge in [0.2, 0.25) is 0 Å². The van der Waals surface area contributed by atoms with Crippen molar-refractivity contribution >= 4 is 15.4 Å². The van der Waals surface area contributed by atoms with Gasteiger partial charge in [0.15, 0.2) is 0 Å². The predicted octanol–water partition coefficient (Wildman–Crippen LogP) is 4.85. The monoisotopic (exact) mass is 688 g/mol. The molecule has 1 atom stereocenters. The standard InChI is InChI=1S/C23H21.C11H17.C6H10.2ClH.Zr/c1-22(2)7-5-14-10-18-16(12-20(14)22)9-17-13-21-15(11-19(17)18)6-8-23(21,3)4;1-5-9-6-7-10(8-9)11(2,3)4;1-2-4-6-5-3-1;;;/h5-7,10-13H,9H2,1-4H3;7-9H,5H2,1-4H3;1-5H2;2*1H;/q;;;;;+2/p-2. The zero-order chi connectivity index (χ0) is 28.9. The van der Waals surface area contributed by atoms with Crippen LogP contribution in [0.4, 0.5) is 0 Å². The maximum Gasteiger partial charge on any atom is -1.00 e. The van der Waals surface area contributed by atoms with Crippen LogP contribution in [-0.2, 0) is 38.5 Å². The van der Waals surface area contributed by atoms with Gasteiger partial charge in [-0.2, -0.15) is 0 Å². The second-order valence-corrected chi connectivity index (χ2v) is 22.0. The Morgan fingerprint density at radius 3 is 2.07 bits per heavy atom. The van der Waals surface area contributed by atoms with E-state index in [1.54, 1.807) is 16.7 Å². The molecule has 0 nitrogen and oxygen atoms in total. The van der Waals surface area contributed by atoms with Crippen molar-refractivity contribution in [3.8, 4) is 11.1 Å². The van der Waals surface area contributed by atoms with Crippen LogP contribution in [0.2, 0.25) is 0 Å². The molecule has 0 N–H and O–H groups in total. The van der Waals surface area contributed by atoms with Gasteiger partial charge in [-0.15, -0.1) is 0 Å². The summed E-state index contributed by atoms with van der Waals surface area (Å²) >= 11 is -2.26. The van der Waals surface area contributed by atoms with Gasteiger partial charge in [-0.1, -0.05) is 0 Å². The minimum absolute atomic E-state index is 0. The molecule has 0 heterocycles. The van der Waals surface area contributed by atoms with Gasteiger partial charge >= 0.3 is 258 Å². The Morgan fingerprint density at radius 2 is 1.44 bits per heavy atom. The van der Waals surface area contributed by atoms with E-state index in [1.165, 1.54) is 71.9 Å². The van der Waals surface area contributed by atoms with Crippen LogP contribution >= 0.6 is 0 Å². The first-order valence-electron chi connectivity index (χ1n) is 16.3. The average Bonchev–Trinajstić information content (AvgIpc) is 3.65. The Hall–Kier alpha value is -1.27. The van der Waals surface area contributed by atoms with Crippen LogP contribution in [0.3, 0.4) is 0 Å². The van der Waals surface area contributed by atoms with Crippen molar-refractivity contribution in [2.24, 2.45) is 11.3 Å². The van der Waals surface area contributed by atoms with Gasteiger partial charge in [-0.05, 0) is 0 Å². The van der Waals surface area contributed by atoms with E-state index in [9.17, 15) is 0 Å². The van der Waals surface area contributed by atoms with Crippen LogP contribution in [0.25, 0.3) is 23.3 Å². The van der Waals surface area contributed by atoms with Crippen LogP contribution in [0.1, 0.15) is 127 Å². The number of hydrogen-bond acceptors (Lipinski definition) is 0. The van der Waals surface area contributed by atoms with Crippen molar-refractivity contribution in [1.29, 1.82) is 0 Å². The fourth-order valence-electron chi connectivity index (χ4n) is 8.40. The first-order chi connectivity index (χ1) is 19.4. The van der Waals surface area contributed by atoms with Crippen molar-refractivity contribution in [2.75, 3.05) is 0 Å². The molecule has 0 aromatic heterocycles. The molecule has 0 bridgehead atoms. The summed E-state index contributed by atoms with van der Waals surface area (Å²) < 4.78 is 5.73. The summed E-state index contributed by atoms with van der Waals surface area (Å²) in [4.78, 5) is 0. The second-order valence-electron chi connectivity index (χ2n) is 15.6. The molecule has 43 heavy (non-hydrogen) atoms. The quantitative estimate of drug-likeness (QED) is 0.369. The summed E-state index contributed by atoms with van der Waals surface area (Å²) in [5, 5.41) is 0. The largest absolute Gasteiger partial charge is 1.00 e. The minimum atomic E-state index is -2.26. The molecule has 226 valence electrons. The summed E-state index contributed by atoms with van der Waals surface area (Å²) in [7, 11) is 0. The number of fused-ring (bicyclic) bond motifs is 5. The van der Waals surface area contributed by atoms with E-state index >= 15 is 0 Å². The zero-order valence-electron chi connectivity index (χ0n) is 27.5. The molecule has 7 rings (SSSR count). The number of benzene rings is 2. The first kappa shape index (κ1) is 33.1. The molecule has 1 saturated carbocycles. The topological polar surface area (TPSA) is 0 Å². The van der Waals surface area contributed by atoms with Gasteiger partial charge in [0, 0.05) is 0 Å². The van der Waals surface area contributed by atoms with Gasteiger partial charge in [0.25, 0.3) is 0 Å². The van der Waals surface area contributed by atoms with Gasteiger partial charge in [-0.25, -0.2) is 0 Å². The van der Waals surface area contributed by atoms with E-state index in [1.807, 2.05) is 9.77 Å². The molecule has 5 aliphatic rings. The average molecular weight is 691 g/mol. The molecule has 0 aliphatic heterocycles. The van der Waals surface area contributed by atoms with Crippen LogP contribution in [0.5, 0.6) is 0 Å². The number of allylic oxidation sites excluding steroid dienone is 6. The van der Waals surface area contributed by atoms with E-state index in [4.69, 9.17) is 0 Å². The summed E-state index contributed by atoms with van der Waals surface area (Å²) in [6.07, 6.45) is 22.2. The molecule has 0 spiro atoms. The Morgan fingerprint density at radius 1 is 0.814 bits per heavy atom. The molecule has 2 aromatic rings. The summed E-state index contributed by atoms with van der Waals surface area (Å²) in [5.41, 5.74) is 14.1. The van der Waals surface area contributed by atoms with E-state index in [0.717, 1.165) is 6.42 Å². The SMILES string of the molecule is CCC1C=C(C(C)(C)C)C=[C]1[Zr+2]([C]1=Cc2cc3c(cc2C1(C)C)Cc1cc2c(cc1-3)C=CC2(C)C)=[C]1CCCCC1.[Cl-].[Cl-]. The van der Waals surface area contributed by atoms with Gasteiger partial charge in [0.05, 0.1) is 0 Å². The molecular weight excluding hydrogens is 643 g/mol. The minimum Gasteiger partial charge on any atom is -1.00 e. The molecule has 0 amide bonds. The molecule has 1 unspecified atom stereocenters. The van der Waals surface area contributed by atoms with Crippen molar-refractivity contribution < 1.29 is 46.1 Å². The van der Waals surface area contributed by atoms with E-state index in [0.29, 0.717) is 5.92 Å². The summed E-state index contributed by atoms with van der Waals surface area (Å²) in [6.45, 7) is 19.5.